The molecule has 0 atom stereocenters. The predicted molar refractivity (Wildman–Crippen MR) is 55.4 cm³/mol. The third kappa shape index (κ3) is 1.57. The van der Waals surface area contributed by atoms with Crippen molar-refractivity contribution < 1.29 is 0 Å². The van der Waals surface area contributed by atoms with Gasteiger partial charge < -0.3 is 5.73 Å². The Labute approximate surface area is 81.8 Å². The molecule has 1 heterocycles. The highest BCUT2D eigenvalue weighted by molar-refractivity contribution is 5.26. The van der Waals surface area contributed by atoms with Crippen molar-refractivity contribution in [1.29, 1.82) is 0 Å². The van der Waals surface area contributed by atoms with Crippen molar-refractivity contribution in [1.82, 2.24) is 9.13 Å². The van der Waals surface area contributed by atoms with Gasteiger partial charge in [-0.2, -0.15) is 0 Å². The molecule has 5 nitrogen and oxygen atoms in total. The highest BCUT2D eigenvalue weighted by Gasteiger charge is 2.19. The summed E-state index contributed by atoms with van der Waals surface area (Å²) in [6, 6.07) is 1.26. The van der Waals surface area contributed by atoms with Crippen molar-refractivity contribution in [2.24, 2.45) is 7.05 Å². The van der Waals surface area contributed by atoms with Crippen LogP contribution in [0.25, 0.3) is 0 Å². The smallest absolute Gasteiger partial charge is 0.332 e. The van der Waals surface area contributed by atoms with Gasteiger partial charge in [0.2, 0.25) is 0 Å². The average molecular weight is 197 g/mol. The van der Waals surface area contributed by atoms with Crippen LogP contribution in [0.3, 0.4) is 0 Å². The largest absolute Gasteiger partial charge is 0.385 e. The standard InChI is InChI=1S/C9H15N3O2/c1-9(2,3)12-7(13)5-6(10)11(4)8(12)14/h5H,10H2,1-4H3. The molecule has 78 valence electrons. The van der Waals surface area contributed by atoms with Crippen LogP contribution in [0.4, 0.5) is 5.82 Å². The Hall–Kier alpha value is -1.52. The summed E-state index contributed by atoms with van der Waals surface area (Å²) >= 11 is 0. The molecule has 1 aromatic rings. The molecule has 0 aromatic carbocycles. The van der Waals surface area contributed by atoms with E-state index in [1.807, 2.05) is 0 Å². The van der Waals surface area contributed by atoms with Gasteiger partial charge in [0.25, 0.3) is 5.56 Å². The van der Waals surface area contributed by atoms with Gasteiger partial charge in [-0.05, 0) is 20.8 Å². The number of hydrogen-bond donors (Lipinski definition) is 1. The van der Waals surface area contributed by atoms with Crippen molar-refractivity contribution in [3.05, 3.63) is 26.9 Å². The lowest BCUT2D eigenvalue weighted by molar-refractivity contribution is 0.359. The zero-order chi connectivity index (χ0) is 11.1. The number of anilines is 1. The molecule has 0 bridgehead atoms. The molecule has 0 aliphatic rings. The lowest BCUT2D eigenvalue weighted by atomic mass is 10.1. The highest BCUT2D eigenvalue weighted by atomic mass is 16.2. The lowest BCUT2D eigenvalue weighted by Gasteiger charge is -2.21. The van der Waals surface area contributed by atoms with E-state index in [1.165, 1.54) is 15.2 Å². The van der Waals surface area contributed by atoms with Crippen LogP contribution < -0.4 is 17.0 Å². The summed E-state index contributed by atoms with van der Waals surface area (Å²) in [5, 5.41) is 0. The number of rotatable bonds is 0. The molecule has 0 unspecified atom stereocenters. The van der Waals surface area contributed by atoms with E-state index in [-0.39, 0.29) is 17.1 Å². The van der Waals surface area contributed by atoms with Gasteiger partial charge in [-0.25, -0.2) is 4.79 Å². The summed E-state index contributed by atoms with van der Waals surface area (Å²) in [6.45, 7) is 5.39. The Morgan fingerprint density at radius 2 is 1.79 bits per heavy atom. The summed E-state index contributed by atoms with van der Waals surface area (Å²) in [5.41, 5.74) is 4.21. The molecule has 0 fully saturated rings. The zero-order valence-electron chi connectivity index (χ0n) is 8.87. The van der Waals surface area contributed by atoms with E-state index in [9.17, 15) is 9.59 Å². The van der Waals surface area contributed by atoms with Gasteiger partial charge in [-0.3, -0.25) is 13.9 Å². The molecule has 14 heavy (non-hydrogen) atoms. The second-order valence-corrected chi connectivity index (χ2v) is 4.26. The molecular formula is C9H15N3O2. The van der Waals surface area contributed by atoms with Crippen molar-refractivity contribution in [3.63, 3.8) is 0 Å². The summed E-state index contributed by atoms with van der Waals surface area (Å²) in [5.74, 6) is 0.181. The number of hydrogen-bond acceptors (Lipinski definition) is 3. The molecule has 1 aromatic heterocycles. The molecule has 2 N–H and O–H groups in total. The van der Waals surface area contributed by atoms with Crippen LogP contribution in [0.15, 0.2) is 15.7 Å². The molecule has 5 heteroatoms. The molecule has 1 rings (SSSR count). The van der Waals surface area contributed by atoms with E-state index in [1.54, 1.807) is 27.8 Å². The molecule has 0 saturated carbocycles. The van der Waals surface area contributed by atoms with Crippen molar-refractivity contribution >= 4 is 5.82 Å². The molecule has 0 aliphatic carbocycles. The molecule has 0 saturated heterocycles. The maximum absolute atomic E-state index is 11.7. The average Bonchev–Trinajstić information content (AvgIpc) is 1.97. The molecule has 0 radical (unpaired) electrons. The maximum atomic E-state index is 11.7. The Balaban J connectivity index is 3.71. The summed E-state index contributed by atoms with van der Waals surface area (Å²) in [6.07, 6.45) is 0. The van der Waals surface area contributed by atoms with Gasteiger partial charge in [0.05, 0.1) is 0 Å². The van der Waals surface area contributed by atoms with E-state index >= 15 is 0 Å². The predicted octanol–water partition coefficient (Wildman–Crippen LogP) is -0.116. The number of nitrogen functional groups attached to an aromatic ring is 1. The minimum atomic E-state index is -0.528. The first-order valence-electron chi connectivity index (χ1n) is 4.34. The Morgan fingerprint density at radius 3 is 2.21 bits per heavy atom. The van der Waals surface area contributed by atoms with Gasteiger partial charge >= 0.3 is 5.69 Å². The van der Waals surface area contributed by atoms with Gasteiger partial charge in [-0.1, -0.05) is 0 Å². The van der Waals surface area contributed by atoms with Crippen LogP contribution in [-0.2, 0) is 12.6 Å². The fraction of sp³-hybridized carbons (Fsp3) is 0.556. The number of aromatic nitrogens is 2. The van der Waals surface area contributed by atoms with Crippen LogP contribution in [0.5, 0.6) is 0 Å². The first kappa shape index (κ1) is 10.6. The fourth-order valence-electron chi connectivity index (χ4n) is 1.26. The van der Waals surface area contributed by atoms with Gasteiger partial charge in [0.15, 0.2) is 0 Å². The van der Waals surface area contributed by atoms with Gasteiger partial charge in [-0.15, -0.1) is 0 Å². The molecule has 0 amide bonds. The van der Waals surface area contributed by atoms with Crippen LogP contribution in [-0.4, -0.2) is 9.13 Å². The lowest BCUT2D eigenvalue weighted by Crippen LogP contribution is -2.47. The van der Waals surface area contributed by atoms with Crippen LogP contribution in [0.2, 0.25) is 0 Å². The van der Waals surface area contributed by atoms with E-state index in [0.717, 1.165) is 0 Å². The van der Waals surface area contributed by atoms with Crippen LogP contribution >= 0.6 is 0 Å². The second-order valence-electron chi connectivity index (χ2n) is 4.26. The van der Waals surface area contributed by atoms with E-state index in [4.69, 9.17) is 5.73 Å². The first-order valence-corrected chi connectivity index (χ1v) is 4.34. The number of nitrogens with zero attached hydrogens (tertiary/aromatic N) is 2. The van der Waals surface area contributed by atoms with Crippen molar-refractivity contribution in [3.8, 4) is 0 Å². The Bertz CT molecular complexity index is 462. The van der Waals surface area contributed by atoms with E-state index in [0.29, 0.717) is 0 Å². The summed E-state index contributed by atoms with van der Waals surface area (Å²) < 4.78 is 2.44. The highest BCUT2D eigenvalue weighted by Crippen LogP contribution is 2.07. The normalized spacial score (nSPS) is 11.7. The third-order valence-electron chi connectivity index (χ3n) is 2.03. The Morgan fingerprint density at radius 1 is 1.29 bits per heavy atom. The van der Waals surface area contributed by atoms with Crippen molar-refractivity contribution in [2.45, 2.75) is 26.3 Å². The summed E-state index contributed by atoms with van der Waals surface area (Å²) in [7, 11) is 1.54. The molecular weight excluding hydrogens is 182 g/mol. The monoisotopic (exact) mass is 197 g/mol. The minimum absolute atomic E-state index is 0.181. The maximum Gasteiger partial charge on any atom is 0.332 e. The fourth-order valence-corrected chi connectivity index (χ4v) is 1.26. The van der Waals surface area contributed by atoms with Crippen LogP contribution in [0.1, 0.15) is 20.8 Å². The summed E-state index contributed by atoms with van der Waals surface area (Å²) in [4.78, 5) is 23.2. The molecule has 0 spiro atoms. The quantitative estimate of drug-likeness (QED) is 0.630. The van der Waals surface area contributed by atoms with E-state index in [2.05, 4.69) is 0 Å². The van der Waals surface area contributed by atoms with Crippen LogP contribution in [0, 0.1) is 0 Å². The topological polar surface area (TPSA) is 70.0 Å². The molecule has 0 aliphatic heterocycles. The second kappa shape index (κ2) is 3.01. The first-order chi connectivity index (χ1) is 6.25. The van der Waals surface area contributed by atoms with Crippen molar-refractivity contribution in [2.75, 3.05) is 5.73 Å². The SMILES string of the molecule is Cn1c(N)cc(=O)n(C(C)(C)C)c1=O. The number of nitrogens with two attached hydrogens (primary N) is 1. The Kier molecular flexibility index (Phi) is 2.27. The van der Waals surface area contributed by atoms with Gasteiger partial charge in [0.1, 0.15) is 5.82 Å². The zero-order valence-corrected chi connectivity index (χ0v) is 8.87. The minimum Gasteiger partial charge on any atom is -0.385 e. The third-order valence-corrected chi connectivity index (χ3v) is 2.03. The van der Waals surface area contributed by atoms with E-state index < -0.39 is 5.54 Å². The van der Waals surface area contributed by atoms with Gasteiger partial charge in [0, 0.05) is 18.7 Å².